The molecule has 0 aliphatic heterocycles. The van der Waals surface area contributed by atoms with Crippen LogP contribution in [0.2, 0.25) is 0 Å². The van der Waals surface area contributed by atoms with E-state index in [1.807, 2.05) is 6.92 Å². The number of hydrogen-bond donors (Lipinski definition) is 0. The van der Waals surface area contributed by atoms with Crippen molar-refractivity contribution in [3.05, 3.63) is 11.1 Å². The quantitative estimate of drug-likeness (QED) is 0.605. The van der Waals surface area contributed by atoms with Gasteiger partial charge in [0.2, 0.25) is 0 Å². The van der Waals surface area contributed by atoms with Gasteiger partial charge in [-0.2, -0.15) is 0 Å². The van der Waals surface area contributed by atoms with Gasteiger partial charge in [0, 0.05) is 6.42 Å². The lowest BCUT2D eigenvalue weighted by Gasteiger charge is -2.39. The van der Waals surface area contributed by atoms with Crippen LogP contribution in [0, 0.1) is 11.3 Å². The largest absolute Gasteiger partial charge is 0.295 e. The summed E-state index contributed by atoms with van der Waals surface area (Å²) in [5.41, 5.74) is 2.49. The summed E-state index contributed by atoms with van der Waals surface area (Å²) >= 11 is 0. The molecule has 0 aromatic heterocycles. The van der Waals surface area contributed by atoms with E-state index in [0.29, 0.717) is 11.7 Å². The summed E-state index contributed by atoms with van der Waals surface area (Å²) < 4.78 is 0. The van der Waals surface area contributed by atoms with Gasteiger partial charge in [-0.05, 0) is 37.2 Å². The van der Waals surface area contributed by atoms with Crippen LogP contribution in [0.4, 0.5) is 0 Å². The SMILES string of the molecule is CC[C@]1(C)CC(=O)C(C)=C(C)[C@H]1C. The van der Waals surface area contributed by atoms with Crippen molar-refractivity contribution < 1.29 is 4.79 Å². The molecule has 0 N–H and O–H groups in total. The topological polar surface area (TPSA) is 17.1 Å². The van der Waals surface area contributed by atoms with Gasteiger partial charge in [0.25, 0.3) is 0 Å². The van der Waals surface area contributed by atoms with Crippen molar-refractivity contribution in [1.29, 1.82) is 0 Å². The summed E-state index contributed by atoms with van der Waals surface area (Å²) in [6, 6.07) is 0. The first kappa shape index (κ1) is 10.5. The minimum absolute atomic E-state index is 0.195. The summed E-state index contributed by atoms with van der Waals surface area (Å²) in [6.07, 6.45) is 1.82. The summed E-state index contributed by atoms with van der Waals surface area (Å²) in [4.78, 5) is 11.7. The Balaban J connectivity index is 3.09. The molecule has 13 heavy (non-hydrogen) atoms. The van der Waals surface area contributed by atoms with Crippen LogP contribution in [0.1, 0.15) is 47.5 Å². The third-order valence-corrected chi connectivity index (χ3v) is 4.08. The highest BCUT2D eigenvalue weighted by molar-refractivity contribution is 5.97. The van der Waals surface area contributed by atoms with E-state index < -0.39 is 0 Å². The lowest BCUT2D eigenvalue weighted by Crippen LogP contribution is -2.34. The highest BCUT2D eigenvalue weighted by Gasteiger charge is 2.37. The number of Topliss-reactive ketones (excluding diaryl/α,β-unsaturated/α-hetero) is 1. The van der Waals surface area contributed by atoms with Crippen molar-refractivity contribution in [1.82, 2.24) is 0 Å². The first-order valence-electron chi connectivity index (χ1n) is 5.13. The van der Waals surface area contributed by atoms with Crippen LogP contribution in [-0.2, 0) is 4.79 Å². The molecule has 1 aliphatic rings. The average Bonchev–Trinajstić information content (AvgIpc) is 2.12. The molecule has 2 atom stereocenters. The molecule has 0 spiro atoms. The van der Waals surface area contributed by atoms with Crippen LogP contribution in [0.3, 0.4) is 0 Å². The van der Waals surface area contributed by atoms with Crippen molar-refractivity contribution >= 4 is 5.78 Å². The summed E-state index contributed by atoms with van der Waals surface area (Å²) in [5, 5.41) is 0. The van der Waals surface area contributed by atoms with Gasteiger partial charge in [0.15, 0.2) is 5.78 Å². The zero-order valence-electron chi connectivity index (χ0n) is 9.40. The summed E-state index contributed by atoms with van der Waals surface area (Å²) in [5.74, 6) is 0.898. The summed E-state index contributed by atoms with van der Waals surface area (Å²) in [6.45, 7) is 10.7. The van der Waals surface area contributed by atoms with E-state index in [0.717, 1.165) is 18.4 Å². The predicted molar refractivity (Wildman–Crippen MR) is 55.6 cm³/mol. The van der Waals surface area contributed by atoms with Crippen LogP contribution in [-0.4, -0.2) is 5.78 Å². The lowest BCUT2D eigenvalue weighted by atomic mass is 9.64. The smallest absolute Gasteiger partial charge is 0.159 e. The van der Waals surface area contributed by atoms with Crippen molar-refractivity contribution in [2.75, 3.05) is 0 Å². The first-order valence-corrected chi connectivity index (χ1v) is 5.13. The Kier molecular flexibility index (Phi) is 2.65. The fraction of sp³-hybridized carbons (Fsp3) is 0.750. The average molecular weight is 180 g/mol. The molecule has 0 aromatic rings. The third-order valence-electron chi connectivity index (χ3n) is 4.08. The fourth-order valence-electron chi connectivity index (χ4n) is 2.15. The minimum Gasteiger partial charge on any atom is -0.295 e. The van der Waals surface area contributed by atoms with Gasteiger partial charge in [0.05, 0.1) is 0 Å². The predicted octanol–water partition coefficient (Wildman–Crippen LogP) is 3.35. The molecule has 0 amide bonds. The van der Waals surface area contributed by atoms with E-state index in [-0.39, 0.29) is 5.41 Å². The zero-order valence-corrected chi connectivity index (χ0v) is 9.40. The molecule has 0 unspecified atom stereocenters. The highest BCUT2D eigenvalue weighted by Crippen LogP contribution is 2.44. The second kappa shape index (κ2) is 3.28. The van der Waals surface area contributed by atoms with Gasteiger partial charge in [-0.15, -0.1) is 0 Å². The Hall–Kier alpha value is -0.590. The van der Waals surface area contributed by atoms with Crippen molar-refractivity contribution in [3.8, 4) is 0 Å². The number of allylic oxidation sites excluding steroid dienone is 2. The van der Waals surface area contributed by atoms with Gasteiger partial charge in [-0.1, -0.05) is 26.3 Å². The molecule has 0 radical (unpaired) electrons. The van der Waals surface area contributed by atoms with Crippen molar-refractivity contribution in [3.63, 3.8) is 0 Å². The maximum atomic E-state index is 11.7. The third kappa shape index (κ3) is 1.56. The van der Waals surface area contributed by atoms with Crippen LogP contribution in [0.5, 0.6) is 0 Å². The van der Waals surface area contributed by atoms with Gasteiger partial charge in [-0.3, -0.25) is 4.79 Å². The molecule has 0 aromatic carbocycles. The molecule has 0 heterocycles. The Labute approximate surface area is 81.2 Å². The lowest BCUT2D eigenvalue weighted by molar-refractivity contribution is -0.119. The van der Waals surface area contributed by atoms with Gasteiger partial charge < -0.3 is 0 Å². The fourth-order valence-corrected chi connectivity index (χ4v) is 2.15. The Morgan fingerprint density at radius 1 is 1.46 bits per heavy atom. The van der Waals surface area contributed by atoms with Gasteiger partial charge >= 0.3 is 0 Å². The minimum atomic E-state index is 0.195. The van der Waals surface area contributed by atoms with E-state index in [4.69, 9.17) is 0 Å². The second-order valence-corrected chi connectivity index (χ2v) is 4.64. The van der Waals surface area contributed by atoms with Crippen molar-refractivity contribution in [2.24, 2.45) is 11.3 Å². The number of ketones is 1. The normalized spacial score (nSPS) is 35.5. The zero-order chi connectivity index (χ0) is 10.2. The number of carbonyl (C=O) groups is 1. The molecule has 1 rings (SSSR count). The molecule has 1 aliphatic carbocycles. The monoisotopic (exact) mass is 180 g/mol. The maximum absolute atomic E-state index is 11.7. The van der Waals surface area contributed by atoms with Crippen LogP contribution in [0.25, 0.3) is 0 Å². The van der Waals surface area contributed by atoms with E-state index in [9.17, 15) is 4.79 Å². The Morgan fingerprint density at radius 3 is 2.46 bits per heavy atom. The van der Waals surface area contributed by atoms with E-state index in [2.05, 4.69) is 27.7 Å². The number of rotatable bonds is 1. The highest BCUT2D eigenvalue weighted by atomic mass is 16.1. The van der Waals surface area contributed by atoms with Crippen LogP contribution < -0.4 is 0 Å². The van der Waals surface area contributed by atoms with Gasteiger partial charge in [0.1, 0.15) is 0 Å². The standard InChI is InChI=1S/C12H20O/c1-6-12(5)7-11(13)9(3)8(2)10(12)4/h10H,6-7H2,1-5H3/t10-,12-/m1/s1. The van der Waals surface area contributed by atoms with Crippen molar-refractivity contribution in [2.45, 2.75) is 47.5 Å². The van der Waals surface area contributed by atoms with E-state index >= 15 is 0 Å². The van der Waals surface area contributed by atoms with E-state index in [1.54, 1.807) is 0 Å². The Bertz CT molecular complexity index is 262. The molecular formula is C12H20O. The molecule has 1 heteroatoms. The molecule has 0 fully saturated rings. The molecule has 1 nitrogen and oxygen atoms in total. The number of carbonyl (C=O) groups excluding carboxylic acids is 1. The molecule has 74 valence electrons. The second-order valence-electron chi connectivity index (χ2n) is 4.64. The maximum Gasteiger partial charge on any atom is 0.159 e. The molecule has 0 saturated carbocycles. The van der Waals surface area contributed by atoms with Crippen LogP contribution >= 0.6 is 0 Å². The number of hydrogen-bond acceptors (Lipinski definition) is 1. The first-order chi connectivity index (χ1) is 5.92. The summed E-state index contributed by atoms with van der Waals surface area (Å²) in [7, 11) is 0. The molecule has 0 bridgehead atoms. The molecule has 0 saturated heterocycles. The van der Waals surface area contributed by atoms with E-state index in [1.165, 1.54) is 5.57 Å². The molecular weight excluding hydrogens is 160 g/mol. The van der Waals surface area contributed by atoms with Gasteiger partial charge in [-0.25, -0.2) is 0 Å². The Morgan fingerprint density at radius 2 is 2.00 bits per heavy atom. The van der Waals surface area contributed by atoms with Crippen LogP contribution in [0.15, 0.2) is 11.1 Å².